The largest absolute Gasteiger partial charge is 0.381 e. The summed E-state index contributed by atoms with van der Waals surface area (Å²) in [5, 5.41) is 1.73. The first kappa shape index (κ1) is 18.9. The quantitative estimate of drug-likeness (QED) is 0.855. The van der Waals surface area contributed by atoms with Gasteiger partial charge in [0.1, 0.15) is 0 Å². The van der Waals surface area contributed by atoms with E-state index in [1.807, 2.05) is 36.4 Å². The Labute approximate surface area is 161 Å². The first-order valence-electron chi connectivity index (χ1n) is 9.93. The molecule has 0 aromatic heterocycles. The summed E-state index contributed by atoms with van der Waals surface area (Å²) in [7, 11) is -3.50. The summed E-state index contributed by atoms with van der Waals surface area (Å²) in [5.41, 5.74) is 0. The highest BCUT2D eigenvalue weighted by Crippen LogP contribution is 2.25. The molecule has 2 heterocycles. The molecule has 4 rings (SSSR count). The maximum atomic E-state index is 12.9. The Morgan fingerprint density at radius 2 is 1.67 bits per heavy atom. The Kier molecular flexibility index (Phi) is 5.78. The molecule has 2 aromatic rings. The Balaban J connectivity index is 1.36. The number of rotatable bonds is 5. The number of hydrogen-bond acceptors (Lipinski definition) is 4. The molecule has 2 fully saturated rings. The zero-order valence-electron chi connectivity index (χ0n) is 15.6. The summed E-state index contributed by atoms with van der Waals surface area (Å²) in [6, 6.07) is 13.7. The van der Waals surface area contributed by atoms with E-state index in [0.29, 0.717) is 23.4 Å². The molecule has 0 aliphatic carbocycles. The van der Waals surface area contributed by atoms with Gasteiger partial charge in [0.25, 0.3) is 0 Å². The Morgan fingerprint density at radius 1 is 0.963 bits per heavy atom. The van der Waals surface area contributed by atoms with Crippen molar-refractivity contribution in [1.29, 1.82) is 0 Å². The normalized spacial score (nSPS) is 20.9. The van der Waals surface area contributed by atoms with Gasteiger partial charge in [-0.3, -0.25) is 0 Å². The van der Waals surface area contributed by atoms with E-state index in [1.165, 1.54) is 0 Å². The third kappa shape index (κ3) is 4.35. The second-order valence-corrected chi connectivity index (χ2v) is 9.39. The molecule has 2 aliphatic heterocycles. The molecule has 0 amide bonds. The van der Waals surface area contributed by atoms with Crippen molar-refractivity contribution in [2.75, 3.05) is 32.8 Å². The molecule has 146 valence electrons. The number of piperidine rings is 1. The van der Waals surface area contributed by atoms with Crippen LogP contribution in [0.5, 0.6) is 0 Å². The number of nitrogens with one attached hydrogen (secondary N) is 1. The lowest BCUT2D eigenvalue weighted by atomic mass is 9.94. The molecule has 2 saturated heterocycles. The smallest absolute Gasteiger partial charge is 0.241 e. The van der Waals surface area contributed by atoms with Gasteiger partial charge in [-0.25, -0.2) is 13.1 Å². The zero-order valence-corrected chi connectivity index (χ0v) is 16.5. The maximum Gasteiger partial charge on any atom is 0.241 e. The molecule has 6 heteroatoms. The monoisotopic (exact) mass is 388 g/mol. The molecule has 0 unspecified atom stereocenters. The predicted molar refractivity (Wildman–Crippen MR) is 107 cm³/mol. The van der Waals surface area contributed by atoms with Crippen molar-refractivity contribution in [3.63, 3.8) is 0 Å². The van der Waals surface area contributed by atoms with Gasteiger partial charge < -0.3 is 9.64 Å². The molecule has 0 bridgehead atoms. The molecule has 2 aromatic carbocycles. The molecule has 2 aliphatic rings. The second-order valence-electron chi connectivity index (χ2n) is 7.65. The lowest BCUT2D eigenvalue weighted by Gasteiger charge is -2.39. The summed E-state index contributed by atoms with van der Waals surface area (Å²) >= 11 is 0. The van der Waals surface area contributed by atoms with E-state index in [2.05, 4.69) is 9.62 Å². The summed E-state index contributed by atoms with van der Waals surface area (Å²) in [5.74, 6) is 0.408. The average molecular weight is 389 g/mol. The number of sulfonamides is 1. The van der Waals surface area contributed by atoms with Crippen molar-refractivity contribution in [1.82, 2.24) is 9.62 Å². The number of fused-ring (bicyclic) bond motifs is 1. The van der Waals surface area contributed by atoms with Gasteiger partial charge >= 0.3 is 0 Å². The number of hydrogen-bond donors (Lipinski definition) is 1. The van der Waals surface area contributed by atoms with Gasteiger partial charge in [-0.1, -0.05) is 36.4 Å². The van der Waals surface area contributed by atoms with Crippen LogP contribution in [-0.4, -0.2) is 52.2 Å². The summed E-state index contributed by atoms with van der Waals surface area (Å²) in [4.78, 5) is 2.94. The summed E-state index contributed by atoms with van der Waals surface area (Å²) < 4.78 is 34.1. The highest BCUT2D eigenvalue weighted by molar-refractivity contribution is 7.89. The summed E-state index contributed by atoms with van der Waals surface area (Å²) in [6.45, 7) is 4.38. The third-order valence-electron chi connectivity index (χ3n) is 5.96. The van der Waals surface area contributed by atoms with E-state index >= 15 is 0 Å². The Bertz CT molecular complexity index is 865. The van der Waals surface area contributed by atoms with E-state index in [9.17, 15) is 8.42 Å². The molecular weight excluding hydrogens is 360 g/mol. The number of likely N-dealkylation sites (tertiary alicyclic amines) is 1. The van der Waals surface area contributed by atoms with E-state index in [0.717, 1.165) is 62.8 Å². The third-order valence-corrected chi connectivity index (χ3v) is 7.44. The molecule has 0 atom stereocenters. The van der Waals surface area contributed by atoms with Crippen LogP contribution in [0.3, 0.4) is 0 Å². The molecule has 0 radical (unpaired) electrons. The van der Waals surface area contributed by atoms with Crippen LogP contribution in [0.2, 0.25) is 0 Å². The topological polar surface area (TPSA) is 58.6 Å². The number of benzene rings is 2. The second kappa shape index (κ2) is 8.27. The highest BCUT2D eigenvalue weighted by atomic mass is 32.2. The van der Waals surface area contributed by atoms with Crippen molar-refractivity contribution in [2.45, 2.75) is 36.6 Å². The van der Waals surface area contributed by atoms with Gasteiger partial charge in [0.2, 0.25) is 10.0 Å². The van der Waals surface area contributed by atoms with Crippen LogP contribution in [0, 0.1) is 5.92 Å². The minimum Gasteiger partial charge on any atom is -0.381 e. The van der Waals surface area contributed by atoms with Crippen molar-refractivity contribution >= 4 is 20.8 Å². The van der Waals surface area contributed by atoms with E-state index in [4.69, 9.17) is 4.74 Å². The molecule has 27 heavy (non-hydrogen) atoms. The minimum atomic E-state index is -3.50. The van der Waals surface area contributed by atoms with Crippen LogP contribution < -0.4 is 4.72 Å². The number of ether oxygens (including phenoxy) is 1. The molecular formula is C21H28N2O3S. The van der Waals surface area contributed by atoms with Gasteiger partial charge in [-0.05, 0) is 56.1 Å². The van der Waals surface area contributed by atoms with Gasteiger partial charge in [0.05, 0.1) is 4.90 Å². The molecule has 5 nitrogen and oxygen atoms in total. The van der Waals surface area contributed by atoms with E-state index < -0.39 is 10.0 Å². The standard InChI is InChI=1S/C21H28N2O3S/c24-27(25,21-7-3-5-18-4-1-2-6-20(18)21)22-16-17-8-12-23(13-9-17)19-10-14-26-15-11-19/h1-7,17,19,22H,8-16H2. The van der Waals surface area contributed by atoms with Gasteiger partial charge in [-0.2, -0.15) is 0 Å². The lowest BCUT2D eigenvalue weighted by Crippen LogP contribution is -2.45. The van der Waals surface area contributed by atoms with Crippen molar-refractivity contribution in [3.05, 3.63) is 42.5 Å². The van der Waals surface area contributed by atoms with Crippen LogP contribution in [0.15, 0.2) is 47.4 Å². The molecule has 1 N–H and O–H groups in total. The first-order valence-corrected chi connectivity index (χ1v) is 11.4. The van der Waals surface area contributed by atoms with E-state index in [-0.39, 0.29) is 0 Å². The fourth-order valence-electron chi connectivity index (χ4n) is 4.31. The zero-order chi connectivity index (χ0) is 18.7. The van der Waals surface area contributed by atoms with Gasteiger partial charge in [0, 0.05) is 31.2 Å². The Hall–Kier alpha value is -1.47. The first-order chi connectivity index (χ1) is 13.1. The average Bonchev–Trinajstić information content (AvgIpc) is 2.73. The van der Waals surface area contributed by atoms with Gasteiger partial charge in [-0.15, -0.1) is 0 Å². The van der Waals surface area contributed by atoms with Crippen molar-refractivity contribution in [2.24, 2.45) is 5.92 Å². The summed E-state index contributed by atoms with van der Waals surface area (Å²) in [6.07, 6.45) is 4.35. The maximum absolute atomic E-state index is 12.9. The van der Waals surface area contributed by atoms with Crippen LogP contribution >= 0.6 is 0 Å². The van der Waals surface area contributed by atoms with Gasteiger partial charge in [0.15, 0.2) is 0 Å². The predicted octanol–water partition coefficient (Wildman–Crippen LogP) is 3.01. The Morgan fingerprint density at radius 3 is 2.44 bits per heavy atom. The molecule has 0 saturated carbocycles. The van der Waals surface area contributed by atoms with Crippen LogP contribution in [-0.2, 0) is 14.8 Å². The van der Waals surface area contributed by atoms with Crippen molar-refractivity contribution in [3.8, 4) is 0 Å². The van der Waals surface area contributed by atoms with Crippen molar-refractivity contribution < 1.29 is 13.2 Å². The van der Waals surface area contributed by atoms with E-state index in [1.54, 1.807) is 6.07 Å². The lowest BCUT2D eigenvalue weighted by molar-refractivity contribution is 0.0214. The number of nitrogens with zero attached hydrogens (tertiary/aromatic N) is 1. The molecule has 0 spiro atoms. The fourth-order valence-corrected chi connectivity index (χ4v) is 5.65. The van der Waals surface area contributed by atoms with Crippen LogP contribution in [0.25, 0.3) is 10.8 Å². The SMILES string of the molecule is O=S(=O)(NCC1CCN(C2CCOCC2)CC1)c1cccc2ccccc12. The van der Waals surface area contributed by atoms with Crippen LogP contribution in [0.1, 0.15) is 25.7 Å². The minimum absolute atomic E-state index is 0.375. The van der Waals surface area contributed by atoms with Crippen LogP contribution in [0.4, 0.5) is 0 Å². The fraction of sp³-hybridized carbons (Fsp3) is 0.524. The highest BCUT2D eigenvalue weighted by Gasteiger charge is 2.27.